The molecule has 7 heteroatoms. The van der Waals surface area contributed by atoms with E-state index < -0.39 is 5.82 Å². The number of fused-ring (bicyclic) bond motifs is 3. The second-order valence-electron chi connectivity index (χ2n) is 7.01. The number of nitrogens with zero attached hydrogens (tertiary/aromatic N) is 2. The van der Waals surface area contributed by atoms with Crippen LogP contribution in [0.3, 0.4) is 0 Å². The number of aromatic nitrogens is 2. The second-order valence-corrected chi connectivity index (χ2v) is 9.04. The Labute approximate surface area is 164 Å². The minimum absolute atomic E-state index is 0.0197. The molecule has 0 saturated carbocycles. The summed E-state index contributed by atoms with van der Waals surface area (Å²) in [7, 11) is 0. The van der Waals surface area contributed by atoms with Gasteiger partial charge in [0.1, 0.15) is 16.4 Å². The van der Waals surface area contributed by atoms with Gasteiger partial charge in [-0.05, 0) is 49.8 Å². The van der Waals surface area contributed by atoms with Crippen LogP contribution in [0.5, 0.6) is 0 Å². The van der Waals surface area contributed by atoms with Gasteiger partial charge in [0.15, 0.2) is 5.16 Å². The summed E-state index contributed by atoms with van der Waals surface area (Å²) >= 11 is 2.73. The summed E-state index contributed by atoms with van der Waals surface area (Å²) in [5.74, 6) is 0.275. The fraction of sp³-hybridized carbons (Fsp3) is 0.350. The topological polar surface area (TPSA) is 52.0 Å². The third kappa shape index (κ3) is 3.34. The Balaban J connectivity index is 1.99. The number of para-hydroxylation sites is 1. The maximum Gasteiger partial charge on any atom is 0.267 e. The Morgan fingerprint density at radius 1 is 1.41 bits per heavy atom. The van der Waals surface area contributed by atoms with Crippen LogP contribution in [-0.2, 0) is 17.6 Å². The molecule has 140 valence electrons. The van der Waals surface area contributed by atoms with E-state index in [0.717, 1.165) is 24.8 Å². The van der Waals surface area contributed by atoms with E-state index in [2.05, 4.69) is 11.9 Å². The fourth-order valence-corrected chi connectivity index (χ4v) is 5.71. The van der Waals surface area contributed by atoms with E-state index >= 15 is 0 Å². The van der Waals surface area contributed by atoms with Crippen LogP contribution in [0.25, 0.3) is 15.9 Å². The molecule has 0 saturated heterocycles. The first-order valence-corrected chi connectivity index (χ1v) is 10.7. The van der Waals surface area contributed by atoms with Gasteiger partial charge >= 0.3 is 0 Å². The number of rotatable bonds is 4. The Hall–Kier alpha value is -1.99. The molecule has 1 aliphatic carbocycles. The number of thioether (sulfide) groups is 1. The molecule has 1 atom stereocenters. The van der Waals surface area contributed by atoms with Gasteiger partial charge in [0.2, 0.25) is 0 Å². The van der Waals surface area contributed by atoms with Crippen molar-refractivity contribution in [1.82, 2.24) is 9.55 Å². The third-order valence-electron chi connectivity index (χ3n) is 4.80. The monoisotopic (exact) mass is 402 g/mol. The van der Waals surface area contributed by atoms with Crippen molar-refractivity contribution in [2.75, 3.05) is 5.75 Å². The van der Waals surface area contributed by atoms with Gasteiger partial charge in [0.05, 0.1) is 16.8 Å². The molecule has 2 aromatic heterocycles. The molecule has 0 bridgehead atoms. The van der Waals surface area contributed by atoms with Gasteiger partial charge in [-0.2, -0.15) is 0 Å². The largest absolute Gasteiger partial charge is 0.299 e. The quantitative estimate of drug-likeness (QED) is 0.480. The van der Waals surface area contributed by atoms with Crippen molar-refractivity contribution >= 4 is 39.1 Å². The van der Waals surface area contributed by atoms with Crippen LogP contribution in [0, 0.1) is 11.7 Å². The van der Waals surface area contributed by atoms with Crippen molar-refractivity contribution in [3.05, 3.63) is 50.9 Å². The summed E-state index contributed by atoms with van der Waals surface area (Å²) < 4.78 is 15.8. The van der Waals surface area contributed by atoms with E-state index in [0.29, 0.717) is 21.3 Å². The minimum Gasteiger partial charge on any atom is -0.299 e. The Morgan fingerprint density at radius 3 is 2.93 bits per heavy atom. The highest BCUT2D eigenvalue weighted by molar-refractivity contribution is 7.99. The van der Waals surface area contributed by atoms with Gasteiger partial charge in [-0.3, -0.25) is 14.2 Å². The molecule has 0 N–H and O–H groups in total. The van der Waals surface area contributed by atoms with Crippen LogP contribution < -0.4 is 5.56 Å². The summed E-state index contributed by atoms with van der Waals surface area (Å²) in [6, 6.07) is 6.18. The van der Waals surface area contributed by atoms with E-state index in [1.807, 2.05) is 0 Å². The van der Waals surface area contributed by atoms with Crippen molar-refractivity contribution in [1.29, 1.82) is 0 Å². The molecule has 0 aliphatic heterocycles. The third-order valence-corrected chi connectivity index (χ3v) is 7.03. The Bertz CT molecular complexity index is 1100. The number of aryl methyl sites for hydroxylation is 1. The van der Waals surface area contributed by atoms with Crippen LogP contribution in [-0.4, -0.2) is 21.1 Å². The van der Waals surface area contributed by atoms with Gasteiger partial charge in [-0.25, -0.2) is 9.37 Å². The predicted octanol–water partition coefficient (Wildman–Crippen LogP) is 4.39. The van der Waals surface area contributed by atoms with Gasteiger partial charge in [0.25, 0.3) is 5.56 Å². The van der Waals surface area contributed by atoms with Gasteiger partial charge in [-0.15, -0.1) is 11.3 Å². The van der Waals surface area contributed by atoms with E-state index in [1.54, 1.807) is 29.5 Å². The van der Waals surface area contributed by atoms with Crippen LogP contribution >= 0.6 is 23.1 Å². The van der Waals surface area contributed by atoms with Crippen LogP contribution in [0.2, 0.25) is 0 Å². The average Bonchev–Trinajstić information content (AvgIpc) is 2.98. The molecule has 1 aliphatic rings. The van der Waals surface area contributed by atoms with Gasteiger partial charge in [0, 0.05) is 4.88 Å². The van der Waals surface area contributed by atoms with Crippen molar-refractivity contribution < 1.29 is 9.18 Å². The standard InChI is InChI=1S/C20H19FN2O2S2/c1-11-7-8-13-16(9-11)27-18-17(13)19(25)23(15-6-4-3-5-14(15)21)20(22-18)26-10-12(2)24/h3-6,11H,7-10H2,1-2H3/t11-/m0/s1. The van der Waals surface area contributed by atoms with Crippen LogP contribution in [0.15, 0.2) is 34.2 Å². The first kappa shape index (κ1) is 18.4. The Kier molecular flexibility index (Phi) is 4.90. The second kappa shape index (κ2) is 7.20. The SMILES string of the molecule is CC(=O)CSc1nc2sc3c(c2c(=O)n1-c1ccccc1F)CC[C@H](C)C3. The first-order valence-electron chi connectivity index (χ1n) is 8.90. The average molecular weight is 403 g/mol. The van der Waals surface area contributed by atoms with Crippen molar-refractivity contribution in [2.24, 2.45) is 5.92 Å². The first-order chi connectivity index (χ1) is 13.0. The molecule has 3 aromatic rings. The summed E-state index contributed by atoms with van der Waals surface area (Å²) in [6.45, 7) is 3.70. The minimum atomic E-state index is -0.483. The number of hydrogen-bond donors (Lipinski definition) is 0. The summed E-state index contributed by atoms with van der Waals surface area (Å²) in [5.41, 5.74) is 0.995. The molecule has 0 amide bonds. The molecular formula is C20H19FN2O2S2. The predicted molar refractivity (Wildman–Crippen MR) is 108 cm³/mol. The van der Waals surface area contributed by atoms with Crippen molar-refractivity contribution in [3.63, 3.8) is 0 Å². The lowest BCUT2D eigenvalue weighted by Gasteiger charge is -2.18. The lowest BCUT2D eigenvalue weighted by Crippen LogP contribution is -2.23. The number of ketones is 1. The molecule has 0 fully saturated rings. The summed E-state index contributed by atoms with van der Waals surface area (Å²) in [4.78, 5) is 31.5. The number of carbonyl (C=O) groups is 1. The van der Waals surface area contributed by atoms with Gasteiger partial charge < -0.3 is 0 Å². The van der Waals surface area contributed by atoms with Crippen molar-refractivity contribution in [3.8, 4) is 5.69 Å². The van der Waals surface area contributed by atoms with E-state index in [-0.39, 0.29) is 22.8 Å². The summed E-state index contributed by atoms with van der Waals surface area (Å²) in [5, 5.41) is 0.969. The number of carbonyl (C=O) groups excluding carboxylic acids is 1. The molecule has 27 heavy (non-hydrogen) atoms. The van der Waals surface area contributed by atoms with E-state index in [4.69, 9.17) is 0 Å². The van der Waals surface area contributed by atoms with E-state index in [9.17, 15) is 14.0 Å². The summed E-state index contributed by atoms with van der Waals surface area (Å²) in [6.07, 6.45) is 2.84. The van der Waals surface area contributed by atoms with Gasteiger partial charge in [-0.1, -0.05) is 30.8 Å². The highest BCUT2D eigenvalue weighted by Crippen LogP contribution is 2.37. The number of Topliss-reactive ketones (excluding diaryl/α,β-unsaturated/α-hetero) is 1. The smallest absolute Gasteiger partial charge is 0.267 e. The number of thiophene rings is 1. The molecule has 1 aromatic carbocycles. The molecule has 4 nitrogen and oxygen atoms in total. The maximum absolute atomic E-state index is 14.5. The molecule has 4 rings (SSSR count). The van der Waals surface area contributed by atoms with Crippen LogP contribution in [0.4, 0.5) is 4.39 Å². The number of benzene rings is 1. The maximum atomic E-state index is 14.5. The lowest BCUT2D eigenvalue weighted by molar-refractivity contribution is -0.114. The van der Waals surface area contributed by atoms with Crippen LogP contribution in [0.1, 0.15) is 30.7 Å². The molecule has 0 unspecified atom stereocenters. The zero-order chi connectivity index (χ0) is 19.1. The zero-order valence-electron chi connectivity index (χ0n) is 15.1. The Morgan fingerprint density at radius 2 is 2.19 bits per heavy atom. The molecule has 0 spiro atoms. The number of hydrogen-bond acceptors (Lipinski definition) is 5. The van der Waals surface area contributed by atoms with E-state index in [1.165, 1.54) is 34.2 Å². The number of halogens is 1. The molecular weight excluding hydrogens is 383 g/mol. The molecule has 2 heterocycles. The zero-order valence-corrected chi connectivity index (χ0v) is 16.8. The normalized spacial score (nSPS) is 16.5. The van der Waals surface area contributed by atoms with Crippen molar-refractivity contribution in [2.45, 2.75) is 38.3 Å². The highest BCUT2D eigenvalue weighted by atomic mass is 32.2. The lowest BCUT2D eigenvalue weighted by atomic mass is 9.89. The fourth-order valence-electron chi connectivity index (χ4n) is 3.48. The highest BCUT2D eigenvalue weighted by Gasteiger charge is 2.25. The molecule has 0 radical (unpaired) electrons.